The van der Waals surface area contributed by atoms with Crippen LogP contribution in [0.1, 0.15) is 32.1 Å². The van der Waals surface area contributed by atoms with Crippen molar-refractivity contribution in [1.82, 2.24) is 0 Å². The zero-order valence-electron chi connectivity index (χ0n) is 9.54. The lowest BCUT2D eigenvalue weighted by atomic mass is 9.98. The van der Waals surface area contributed by atoms with Crippen LogP contribution in [0.4, 0.5) is 21.4 Å². The van der Waals surface area contributed by atoms with Crippen LogP contribution in [0, 0.1) is 0 Å². The maximum absolute atomic E-state index is 13.4. The van der Waals surface area contributed by atoms with E-state index in [-0.39, 0.29) is 12.8 Å². The van der Waals surface area contributed by atoms with Crippen molar-refractivity contribution < 1.29 is 39.4 Å². The van der Waals surface area contributed by atoms with Gasteiger partial charge in [-0.15, -0.1) is 3.89 Å². The van der Waals surface area contributed by atoms with Gasteiger partial charge in [-0.2, -0.15) is 21.6 Å². The van der Waals surface area contributed by atoms with Gasteiger partial charge in [-0.3, -0.25) is 0 Å². The third-order valence-corrected chi connectivity index (χ3v) is 3.86. The average Bonchev–Trinajstić information content (AvgIpc) is 2.26. The van der Waals surface area contributed by atoms with Crippen molar-refractivity contribution >= 4 is 16.2 Å². The first-order valence-electron chi connectivity index (χ1n) is 5.41. The molecule has 1 aliphatic carbocycles. The van der Waals surface area contributed by atoms with E-state index >= 15 is 0 Å². The molecule has 0 spiro atoms. The topological polar surface area (TPSA) is 60.4 Å². The van der Waals surface area contributed by atoms with Crippen LogP contribution in [-0.2, 0) is 19.8 Å². The molecule has 0 aliphatic heterocycles. The molecule has 19 heavy (non-hydrogen) atoms. The van der Waals surface area contributed by atoms with Crippen LogP contribution in [0.5, 0.6) is 0 Å². The van der Waals surface area contributed by atoms with Gasteiger partial charge < -0.3 is 4.74 Å². The summed E-state index contributed by atoms with van der Waals surface area (Å²) in [5.41, 5.74) is 0. The first-order chi connectivity index (χ1) is 8.50. The number of carbonyl (C=O) groups excluding carboxylic acids is 1. The molecule has 1 fully saturated rings. The molecule has 1 aliphatic rings. The minimum Gasteiger partial charge on any atom is -0.459 e. The van der Waals surface area contributed by atoms with E-state index in [2.05, 4.69) is 4.74 Å². The van der Waals surface area contributed by atoms with Gasteiger partial charge in [0.15, 0.2) is 0 Å². The summed E-state index contributed by atoms with van der Waals surface area (Å²) in [4.78, 5) is 11.1. The molecule has 0 radical (unpaired) electrons. The number of carbonyl (C=O) groups is 1. The van der Waals surface area contributed by atoms with E-state index in [0.717, 1.165) is 6.42 Å². The Kier molecular flexibility index (Phi) is 4.43. The molecule has 1 atom stereocenters. The van der Waals surface area contributed by atoms with E-state index in [1.165, 1.54) is 0 Å². The monoisotopic (exact) mass is 310 g/mol. The fraction of sp³-hybridized carbons (Fsp3) is 0.889. The fourth-order valence-electron chi connectivity index (χ4n) is 1.76. The Morgan fingerprint density at radius 1 is 1.05 bits per heavy atom. The molecule has 0 aromatic rings. The molecule has 0 amide bonds. The largest absolute Gasteiger partial charge is 0.459 e. The zero-order valence-corrected chi connectivity index (χ0v) is 10.4. The second-order valence-corrected chi connectivity index (χ2v) is 5.63. The number of rotatable bonds is 3. The van der Waals surface area contributed by atoms with Gasteiger partial charge in [0, 0.05) is 0 Å². The highest BCUT2D eigenvalue weighted by molar-refractivity contribution is 7.88. The lowest BCUT2D eigenvalue weighted by Gasteiger charge is -2.26. The van der Waals surface area contributed by atoms with E-state index in [1.54, 1.807) is 0 Å². The van der Waals surface area contributed by atoms with E-state index in [0.29, 0.717) is 12.8 Å². The van der Waals surface area contributed by atoms with Gasteiger partial charge in [0.1, 0.15) is 6.10 Å². The Morgan fingerprint density at radius 2 is 1.53 bits per heavy atom. The van der Waals surface area contributed by atoms with Gasteiger partial charge in [0.2, 0.25) is 0 Å². The van der Waals surface area contributed by atoms with Gasteiger partial charge >= 0.3 is 27.4 Å². The van der Waals surface area contributed by atoms with Crippen LogP contribution >= 0.6 is 0 Å². The van der Waals surface area contributed by atoms with Crippen LogP contribution in [0.2, 0.25) is 0 Å². The van der Waals surface area contributed by atoms with Crippen LogP contribution in [0.3, 0.4) is 0 Å². The lowest BCUT2D eigenvalue weighted by molar-refractivity contribution is -0.218. The summed E-state index contributed by atoms with van der Waals surface area (Å²) in [7, 11) is -6.84. The first-order valence-corrected chi connectivity index (χ1v) is 6.79. The van der Waals surface area contributed by atoms with Crippen molar-refractivity contribution in [2.24, 2.45) is 0 Å². The van der Waals surface area contributed by atoms with Gasteiger partial charge in [-0.1, -0.05) is 6.42 Å². The molecule has 0 heterocycles. The quantitative estimate of drug-likeness (QED) is 0.456. The van der Waals surface area contributed by atoms with Crippen molar-refractivity contribution in [3.8, 4) is 0 Å². The fourth-order valence-corrected chi connectivity index (χ4v) is 2.29. The highest BCUT2D eigenvalue weighted by atomic mass is 32.3. The number of esters is 1. The normalized spacial score (nSPS) is 21.7. The Balaban J connectivity index is 2.97. The second kappa shape index (κ2) is 5.22. The molecule has 0 aromatic carbocycles. The molecule has 1 saturated carbocycles. The Labute approximate surface area is 106 Å². The summed E-state index contributed by atoms with van der Waals surface area (Å²) in [6.45, 7) is 0. The molecule has 1 rings (SSSR count). The highest BCUT2D eigenvalue weighted by Gasteiger charge is 2.73. The molecule has 0 N–H and O–H groups in total. The molecular formula is C9H11F5O4S. The van der Waals surface area contributed by atoms with Gasteiger partial charge in [-0.25, -0.2) is 9.18 Å². The number of halogens is 5. The van der Waals surface area contributed by atoms with Crippen LogP contribution in [0.25, 0.3) is 0 Å². The SMILES string of the molecule is O=C(OC1CCCCC1)C(F)(C(F)(F)F)S(=O)(=O)F. The third kappa shape index (κ3) is 3.15. The highest BCUT2D eigenvalue weighted by Crippen LogP contribution is 2.41. The molecule has 112 valence electrons. The van der Waals surface area contributed by atoms with Gasteiger partial charge in [0.05, 0.1) is 0 Å². The predicted molar refractivity (Wildman–Crippen MR) is 52.9 cm³/mol. The summed E-state index contributed by atoms with van der Waals surface area (Å²) in [6, 6.07) is 0. The second-order valence-electron chi connectivity index (χ2n) is 4.20. The van der Waals surface area contributed by atoms with Crippen LogP contribution in [-0.4, -0.2) is 31.7 Å². The molecule has 10 heteroatoms. The smallest absolute Gasteiger partial charge is 0.451 e. The molecule has 0 aromatic heterocycles. The lowest BCUT2D eigenvalue weighted by Crippen LogP contribution is -2.54. The maximum atomic E-state index is 13.4. The van der Waals surface area contributed by atoms with Crippen LogP contribution in [0.15, 0.2) is 0 Å². The van der Waals surface area contributed by atoms with Crippen molar-refractivity contribution in [3.63, 3.8) is 0 Å². The number of alkyl halides is 4. The van der Waals surface area contributed by atoms with E-state index in [4.69, 9.17) is 0 Å². The molecule has 1 unspecified atom stereocenters. The van der Waals surface area contributed by atoms with Gasteiger partial charge in [0.25, 0.3) is 0 Å². The summed E-state index contributed by atoms with van der Waals surface area (Å²) >= 11 is 0. The predicted octanol–water partition coefficient (Wildman–Crippen LogP) is 2.39. The van der Waals surface area contributed by atoms with Crippen molar-refractivity contribution in [2.75, 3.05) is 0 Å². The number of hydrogen-bond acceptors (Lipinski definition) is 4. The summed E-state index contributed by atoms with van der Waals surface area (Å²) in [5.74, 6) is -2.77. The average molecular weight is 310 g/mol. The molecule has 4 nitrogen and oxygen atoms in total. The van der Waals surface area contributed by atoms with Gasteiger partial charge in [-0.05, 0) is 25.7 Å². The first kappa shape index (κ1) is 16.1. The summed E-state index contributed by atoms with van der Waals surface area (Å²) in [5, 5.41) is -5.67. The Bertz CT molecular complexity index is 440. The van der Waals surface area contributed by atoms with E-state index in [1.807, 2.05) is 0 Å². The summed E-state index contributed by atoms with van der Waals surface area (Å²) in [6.07, 6.45) is -5.03. The van der Waals surface area contributed by atoms with Crippen LogP contribution < -0.4 is 0 Å². The Hall–Kier alpha value is -0.930. The van der Waals surface area contributed by atoms with Crippen molar-refractivity contribution in [2.45, 2.75) is 49.4 Å². The maximum Gasteiger partial charge on any atom is 0.451 e. The van der Waals surface area contributed by atoms with Crippen molar-refractivity contribution in [1.29, 1.82) is 0 Å². The molecule has 0 saturated heterocycles. The van der Waals surface area contributed by atoms with E-state index in [9.17, 15) is 34.7 Å². The summed E-state index contributed by atoms with van der Waals surface area (Å²) < 4.78 is 87.6. The van der Waals surface area contributed by atoms with Crippen molar-refractivity contribution in [3.05, 3.63) is 0 Å². The van der Waals surface area contributed by atoms with E-state index < -0.39 is 33.5 Å². The minimum atomic E-state index is -6.84. The minimum absolute atomic E-state index is 0.187. The zero-order chi connectivity index (χ0) is 14.9. The molecule has 0 bridgehead atoms. The Morgan fingerprint density at radius 3 is 1.89 bits per heavy atom. The molecular weight excluding hydrogens is 299 g/mol. The number of hydrogen-bond donors (Lipinski definition) is 0. The number of ether oxygens (including phenoxy) is 1. The third-order valence-electron chi connectivity index (χ3n) is 2.79. The standard InChI is InChI=1S/C9H11F5O4S/c10-8(9(11,12)13,19(14,16)17)7(15)18-6-4-2-1-3-5-6/h6H,1-5H2.